The van der Waals surface area contributed by atoms with Gasteiger partial charge in [-0.15, -0.1) is 0 Å². The largest absolute Gasteiger partial charge is 0.497 e. The molecule has 38 heavy (non-hydrogen) atoms. The van der Waals surface area contributed by atoms with Gasteiger partial charge in [0.15, 0.2) is 11.6 Å². The van der Waals surface area contributed by atoms with E-state index in [2.05, 4.69) is 110 Å². The molecule has 0 saturated carbocycles. The molecule has 0 N–H and O–H groups in total. The minimum absolute atomic E-state index is 0.687. The van der Waals surface area contributed by atoms with Crippen LogP contribution in [-0.2, 0) is 0 Å². The van der Waals surface area contributed by atoms with Gasteiger partial charge in [-0.1, -0.05) is 41.5 Å². The molecule has 5 heteroatoms. The van der Waals surface area contributed by atoms with Crippen molar-refractivity contribution < 1.29 is 4.74 Å². The summed E-state index contributed by atoms with van der Waals surface area (Å²) in [6.07, 6.45) is 1.63. The first-order valence-electron chi connectivity index (χ1n) is 12.8. The normalized spacial score (nSPS) is 11.4. The van der Waals surface area contributed by atoms with Gasteiger partial charge in [-0.05, 0) is 87.7 Å². The van der Waals surface area contributed by atoms with E-state index >= 15 is 0 Å². The summed E-state index contributed by atoms with van der Waals surface area (Å²) in [4.78, 5) is 14.1. The van der Waals surface area contributed by atoms with Gasteiger partial charge < -0.3 is 9.30 Å². The summed E-state index contributed by atoms with van der Waals surface area (Å²) in [5.41, 5.74) is 11.3. The maximum Gasteiger partial charge on any atom is 0.163 e. The highest BCUT2D eigenvalue weighted by atomic mass is 16.5. The fourth-order valence-corrected chi connectivity index (χ4v) is 5.84. The predicted octanol–water partition coefficient (Wildman–Crippen LogP) is 7.85. The van der Waals surface area contributed by atoms with Crippen molar-refractivity contribution in [2.45, 2.75) is 34.6 Å². The second-order valence-electron chi connectivity index (χ2n) is 10.1. The van der Waals surface area contributed by atoms with E-state index < -0.39 is 0 Å². The van der Waals surface area contributed by atoms with Gasteiger partial charge in [0.1, 0.15) is 12.1 Å². The quantitative estimate of drug-likeness (QED) is 0.248. The minimum atomic E-state index is 0.687. The number of rotatable bonds is 4. The molecule has 0 unspecified atom stereocenters. The Morgan fingerprint density at radius 3 is 2.16 bits per heavy atom. The fourth-order valence-electron chi connectivity index (χ4n) is 5.84. The Kier molecular flexibility index (Phi) is 5.72. The minimum Gasteiger partial charge on any atom is -0.497 e. The molecule has 0 aliphatic heterocycles. The second kappa shape index (κ2) is 9.10. The molecular formula is C33H30N4O. The zero-order valence-electron chi connectivity index (χ0n) is 22.6. The molecule has 0 radical (unpaired) electrons. The van der Waals surface area contributed by atoms with Crippen molar-refractivity contribution in [2.75, 3.05) is 7.11 Å². The Morgan fingerprint density at radius 2 is 1.39 bits per heavy atom. The van der Waals surface area contributed by atoms with Gasteiger partial charge in [0.25, 0.3) is 0 Å². The Labute approximate surface area is 222 Å². The van der Waals surface area contributed by atoms with Crippen LogP contribution in [0.3, 0.4) is 0 Å². The Bertz CT molecular complexity index is 1850. The third kappa shape index (κ3) is 3.82. The Hall–Kier alpha value is -4.51. The number of nitrogens with zero attached hydrogens (tertiary/aromatic N) is 4. The zero-order valence-corrected chi connectivity index (χ0v) is 22.6. The number of aromatic nitrogens is 4. The number of hydrogen-bond donors (Lipinski definition) is 0. The highest BCUT2D eigenvalue weighted by molar-refractivity contribution is 6.10. The average molecular weight is 499 g/mol. The third-order valence-corrected chi connectivity index (χ3v) is 7.31. The summed E-state index contributed by atoms with van der Waals surface area (Å²) < 4.78 is 7.92. The SMILES string of the molecule is COc1ccc2c(c1)c1ccccc1n2-c1c(C)cc(C)c(-c2ncnc(-c3cc(C)cc(C)c3)n2)c1C. The lowest BCUT2D eigenvalue weighted by atomic mass is 9.96. The van der Waals surface area contributed by atoms with Crippen molar-refractivity contribution in [1.82, 2.24) is 19.5 Å². The molecule has 188 valence electrons. The van der Waals surface area contributed by atoms with Crippen molar-refractivity contribution in [3.8, 4) is 34.2 Å². The van der Waals surface area contributed by atoms with Crippen LogP contribution in [0, 0.1) is 34.6 Å². The van der Waals surface area contributed by atoms with E-state index in [4.69, 9.17) is 9.72 Å². The summed E-state index contributed by atoms with van der Waals surface area (Å²) in [6, 6.07) is 23.5. The number of ether oxygens (including phenoxy) is 1. The first kappa shape index (κ1) is 23.9. The van der Waals surface area contributed by atoms with Crippen LogP contribution in [0.1, 0.15) is 27.8 Å². The molecule has 0 bridgehead atoms. The van der Waals surface area contributed by atoms with Crippen molar-refractivity contribution in [3.63, 3.8) is 0 Å². The van der Waals surface area contributed by atoms with Crippen molar-refractivity contribution in [2.24, 2.45) is 0 Å². The number of aryl methyl sites for hydroxylation is 4. The molecule has 2 heterocycles. The number of hydrogen-bond acceptors (Lipinski definition) is 4. The molecule has 2 aromatic heterocycles. The maximum absolute atomic E-state index is 5.56. The molecule has 0 aliphatic rings. The second-order valence-corrected chi connectivity index (χ2v) is 10.1. The molecule has 0 fully saturated rings. The summed E-state index contributed by atoms with van der Waals surface area (Å²) in [5, 5.41) is 2.36. The Balaban J connectivity index is 1.61. The van der Waals surface area contributed by atoms with Crippen LogP contribution in [0.4, 0.5) is 0 Å². The first-order valence-corrected chi connectivity index (χ1v) is 12.8. The summed E-state index contributed by atoms with van der Waals surface area (Å²) in [7, 11) is 1.71. The van der Waals surface area contributed by atoms with E-state index in [1.165, 1.54) is 22.1 Å². The predicted molar refractivity (Wildman–Crippen MR) is 155 cm³/mol. The van der Waals surface area contributed by atoms with Crippen LogP contribution in [0.25, 0.3) is 50.3 Å². The molecule has 6 aromatic rings. The number of benzene rings is 4. The van der Waals surface area contributed by atoms with E-state index in [1.807, 2.05) is 6.07 Å². The van der Waals surface area contributed by atoms with Crippen LogP contribution in [0.5, 0.6) is 5.75 Å². The molecule has 5 nitrogen and oxygen atoms in total. The topological polar surface area (TPSA) is 52.8 Å². The summed E-state index contributed by atoms with van der Waals surface area (Å²) >= 11 is 0. The fraction of sp³-hybridized carbons (Fsp3) is 0.182. The third-order valence-electron chi connectivity index (χ3n) is 7.31. The van der Waals surface area contributed by atoms with E-state index in [-0.39, 0.29) is 0 Å². The Morgan fingerprint density at radius 1 is 0.684 bits per heavy atom. The number of fused-ring (bicyclic) bond motifs is 3. The standard InChI is InChI=1S/C33H30N4O/c1-19-13-20(2)15-24(14-19)32-34-18-35-33(36-32)30-21(3)16-22(4)31(23(30)5)37-28-10-8-7-9-26(28)27-17-25(38-6)11-12-29(27)37/h7-18H,1-6H3. The lowest BCUT2D eigenvalue weighted by Crippen LogP contribution is -2.05. The van der Waals surface area contributed by atoms with E-state index in [1.54, 1.807) is 13.4 Å². The first-order chi connectivity index (χ1) is 18.4. The lowest BCUT2D eigenvalue weighted by molar-refractivity contribution is 0.415. The van der Waals surface area contributed by atoms with Gasteiger partial charge in [-0.3, -0.25) is 0 Å². The van der Waals surface area contributed by atoms with Crippen LogP contribution in [0.15, 0.2) is 73.1 Å². The van der Waals surface area contributed by atoms with Crippen LogP contribution in [-0.4, -0.2) is 26.6 Å². The molecule has 0 amide bonds. The van der Waals surface area contributed by atoms with Gasteiger partial charge in [-0.25, -0.2) is 15.0 Å². The molecule has 4 aromatic carbocycles. The highest BCUT2D eigenvalue weighted by Gasteiger charge is 2.21. The smallest absolute Gasteiger partial charge is 0.163 e. The monoisotopic (exact) mass is 498 g/mol. The molecule has 0 saturated heterocycles. The summed E-state index contributed by atoms with van der Waals surface area (Å²) in [5.74, 6) is 2.22. The number of para-hydroxylation sites is 1. The summed E-state index contributed by atoms with van der Waals surface area (Å²) in [6.45, 7) is 10.7. The average Bonchev–Trinajstić information content (AvgIpc) is 3.21. The van der Waals surface area contributed by atoms with Gasteiger partial charge in [0.2, 0.25) is 0 Å². The maximum atomic E-state index is 5.56. The van der Waals surface area contributed by atoms with Gasteiger partial charge in [0, 0.05) is 21.9 Å². The highest BCUT2D eigenvalue weighted by Crippen LogP contribution is 2.39. The van der Waals surface area contributed by atoms with E-state index in [0.29, 0.717) is 11.6 Å². The molecule has 0 aliphatic carbocycles. The molecule has 0 atom stereocenters. The van der Waals surface area contributed by atoms with Crippen molar-refractivity contribution in [3.05, 3.63) is 101 Å². The van der Waals surface area contributed by atoms with Crippen molar-refractivity contribution >= 4 is 21.8 Å². The molecular weight excluding hydrogens is 468 g/mol. The van der Waals surface area contributed by atoms with Crippen molar-refractivity contribution in [1.29, 1.82) is 0 Å². The van der Waals surface area contributed by atoms with Gasteiger partial charge >= 0.3 is 0 Å². The zero-order chi connectivity index (χ0) is 26.6. The van der Waals surface area contributed by atoms with Crippen LogP contribution < -0.4 is 4.74 Å². The van der Waals surface area contributed by atoms with Gasteiger partial charge in [0.05, 0.1) is 23.8 Å². The molecule has 6 rings (SSSR count). The van der Waals surface area contributed by atoms with E-state index in [0.717, 1.165) is 50.1 Å². The number of methoxy groups -OCH3 is 1. The van der Waals surface area contributed by atoms with Crippen LogP contribution >= 0.6 is 0 Å². The van der Waals surface area contributed by atoms with Crippen LogP contribution in [0.2, 0.25) is 0 Å². The van der Waals surface area contributed by atoms with E-state index in [9.17, 15) is 0 Å². The lowest BCUT2D eigenvalue weighted by Gasteiger charge is -2.19. The molecule has 0 spiro atoms. The van der Waals surface area contributed by atoms with Gasteiger partial charge in [-0.2, -0.15) is 0 Å².